The van der Waals surface area contributed by atoms with E-state index in [1.165, 1.54) is 0 Å². The maximum absolute atomic E-state index is 14.6. The van der Waals surface area contributed by atoms with Crippen LogP contribution in [0.15, 0.2) is 48.5 Å². The highest BCUT2D eigenvalue weighted by atomic mass is 31.2. The van der Waals surface area contributed by atoms with Crippen molar-refractivity contribution in [3.8, 4) is 0 Å². The molecule has 4 heteroatoms. The molecule has 0 fully saturated rings. The van der Waals surface area contributed by atoms with E-state index in [-0.39, 0.29) is 6.16 Å². The fraction of sp³-hybridized carbons (Fsp3) is 0.286. The molecular formula is C28H31O3P. The zero-order valence-electron chi connectivity index (χ0n) is 20.0. The van der Waals surface area contributed by atoms with E-state index in [1.807, 2.05) is 97.0 Å². The topological polar surface area (TPSA) is 51.2 Å². The second-order valence-electron chi connectivity index (χ2n) is 8.98. The standard InChI is InChI=1S/C28H31O3P/c1-17-12-20(4)25(21(5)13-17)27(29)32(31,16-24-11-9-8-10-19(24)3)28(30)26-22(6)14-18(2)15-23(26)7/h8-15H,16H2,1-7H3. The van der Waals surface area contributed by atoms with E-state index in [0.717, 1.165) is 44.5 Å². The van der Waals surface area contributed by atoms with Crippen molar-refractivity contribution < 1.29 is 14.2 Å². The summed E-state index contributed by atoms with van der Waals surface area (Å²) < 4.78 is 14.6. The monoisotopic (exact) mass is 446 g/mol. The molecule has 0 atom stereocenters. The number of hydrogen-bond acceptors (Lipinski definition) is 3. The lowest BCUT2D eigenvalue weighted by atomic mass is 10.0. The third-order valence-corrected chi connectivity index (χ3v) is 8.64. The highest BCUT2D eigenvalue weighted by Gasteiger charge is 2.43. The van der Waals surface area contributed by atoms with E-state index >= 15 is 0 Å². The van der Waals surface area contributed by atoms with Crippen molar-refractivity contribution in [3.63, 3.8) is 0 Å². The van der Waals surface area contributed by atoms with Crippen LogP contribution in [-0.4, -0.2) is 11.0 Å². The lowest BCUT2D eigenvalue weighted by Gasteiger charge is -2.22. The van der Waals surface area contributed by atoms with Crippen LogP contribution in [0, 0.1) is 48.5 Å². The van der Waals surface area contributed by atoms with Gasteiger partial charge >= 0.3 is 0 Å². The summed E-state index contributed by atoms with van der Waals surface area (Å²) in [5.74, 6) is 0. The smallest absolute Gasteiger partial charge is 0.229 e. The van der Waals surface area contributed by atoms with E-state index in [1.54, 1.807) is 0 Å². The van der Waals surface area contributed by atoms with Gasteiger partial charge in [0.25, 0.3) is 0 Å². The van der Waals surface area contributed by atoms with E-state index < -0.39 is 18.2 Å². The van der Waals surface area contributed by atoms with E-state index in [2.05, 4.69) is 0 Å². The van der Waals surface area contributed by atoms with Crippen molar-refractivity contribution in [1.82, 2.24) is 0 Å². The average molecular weight is 447 g/mol. The first-order chi connectivity index (χ1) is 15.0. The SMILES string of the molecule is Cc1cc(C)c(C(=O)P(=O)(Cc2ccccc2C)C(=O)c2c(C)cc(C)cc2C)c(C)c1. The fourth-order valence-electron chi connectivity index (χ4n) is 4.66. The van der Waals surface area contributed by atoms with Crippen LogP contribution >= 0.6 is 7.14 Å². The number of rotatable bonds is 6. The predicted molar refractivity (Wildman–Crippen MR) is 132 cm³/mol. The van der Waals surface area contributed by atoms with E-state index in [4.69, 9.17) is 0 Å². The van der Waals surface area contributed by atoms with Gasteiger partial charge in [0.15, 0.2) is 0 Å². The molecule has 3 aromatic carbocycles. The lowest BCUT2D eigenvalue weighted by molar-refractivity contribution is 0.103. The summed E-state index contributed by atoms with van der Waals surface area (Å²) in [6.07, 6.45) is -0.0726. The van der Waals surface area contributed by atoms with Crippen molar-refractivity contribution in [2.24, 2.45) is 0 Å². The summed E-state index contributed by atoms with van der Waals surface area (Å²) in [5, 5.41) is 0. The maximum atomic E-state index is 14.6. The molecule has 0 aromatic heterocycles. The Labute approximate surface area is 191 Å². The molecule has 0 radical (unpaired) electrons. The summed E-state index contributed by atoms with van der Waals surface area (Å²) in [5.41, 5.74) is 6.48. The van der Waals surface area contributed by atoms with Gasteiger partial charge in [-0.05, 0) is 81.8 Å². The average Bonchev–Trinajstić information content (AvgIpc) is 2.67. The molecule has 0 saturated carbocycles. The molecule has 0 aliphatic rings. The summed E-state index contributed by atoms with van der Waals surface area (Å²) in [6.45, 7) is 13.2. The van der Waals surface area contributed by atoms with Crippen LogP contribution in [0.5, 0.6) is 0 Å². The number of carbonyl (C=O) groups is 2. The first kappa shape index (κ1) is 23.9. The molecule has 0 aliphatic heterocycles. The van der Waals surface area contributed by atoms with Crippen LogP contribution in [0.3, 0.4) is 0 Å². The second-order valence-corrected chi connectivity index (χ2v) is 11.6. The maximum Gasteiger partial charge on any atom is 0.229 e. The van der Waals surface area contributed by atoms with Gasteiger partial charge in [-0.3, -0.25) is 9.59 Å². The Morgan fingerprint density at radius 1 is 0.625 bits per heavy atom. The predicted octanol–water partition coefficient (Wildman–Crippen LogP) is 7.39. The summed E-state index contributed by atoms with van der Waals surface area (Å²) in [4.78, 5) is 27.9. The molecular weight excluding hydrogens is 415 g/mol. The van der Waals surface area contributed by atoms with Crippen LogP contribution in [0.25, 0.3) is 0 Å². The Balaban J connectivity index is 2.26. The zero-order chi connectivity index (χ0) is 23.8. The molecule has 0 aliphatic carbocycles. The van der Waals surface area contributed by atoms with Crippen LogP contribution in [-0.2, 0) is 10.7 Å². The Hall–Kier alpha value is -2.77. The van der Waals surface area contributed by atoms with Gasteiger partial charge in [-0.25, -0.2) is 0 Å². The Kier molecular flexibility index (Phi) is 6.72. The number of aryl methyl sites for hydroxylation is 7. The summed E-state index contributed by atoms with van der Waals surface area (Å²) in [6, 6.07) is 15.2. The summed E-state index contributed by atoms with van der Waals surface area (Å²) >= 11 is 0. The molecule has 0 heterocycles. The normalized spacial score (nSPS) is 11.5. The fourth-order valence-corrected chi connectivity index (χ4v) is 7.39. The highest BCUT2D eigenvalue weighted by molar-refractivity contribution is 7.94. The number of hydrogen-bond donors (Lipinski definition) is 0. The molecule has 0 spiro atoms. The van der Waals surface area contributed by atoms with Gasteiger partial charge < -0.3 is 4.57 Å². The van der Waals surface area contributed by atoms with Crippen molar-refractivity contribution in [3.05, 3.63) is 104 Å². The Bertz CT molecular complexity index is 1160. The number of carbonyl (C=O) groups excluding carboxylic acids is 2. The lowest BCUT2D eigenvalue weighted by Crippen LogP contribution is -2.17. The van der Waals surface area contributed by atoms with Gasteiger partial charge in [0.1, 0.15) is 0 Å². The first-order valence-corrected chi connectivity index (χ1v) is 12.7. The first-order valence-electron chi connectivity index (χ1n) is 10.8. The van der Waals surface area contributed by atoms with Crippen LogP contribution in [0.1, 0.15) is 65.2 Å². The van der Waals surface area contributed by atoms with E-state index in [9.17, 15) is 14.2 Å². The van der Waals surface area contributed by atoms with Crippen molar-refractivity contribution in [2.45, 2.75) is 54.6 Å². The largest absolute Gasteiger partial charge is 0.306 e. The molecule has 3 aromatic rings. The van der Waals surface area contributed by atoms with E-state index in [0.29, 0.717) is 11.1 Å². The molecule has 3 rings (SSSR count). The van der Waals surface area contributed by atoms with Crippen molar-refractivity contribution >= 4 is 18.2 Å². The Morgan fingerprint density at radius 3 is 1.38 bits per heavy atom. The van der Waals surface area contributed by atoms with Crippen LogP contribution in [0.4, 0.5) is 0 Å². The zero-order valence-corrected chi connectivity index (χ0v) is 20.9. The van der Waals surface area contributed by atoms with Crippen molar-refractivity contribution in [1.29, 1.82) is 0 Å². The minimum atomic E-state index is -4.01. The van der Waals surface area contributed by atoms with Gasteiger partial charge in [0.2, 0.25) is 18.2 Å². The van der Waals surface area contributed by atoms with Gasteiger partial charge in [0, 0.05) is 17.3 Å². The van der Waals surface area contributed by atoms with Gasteiger partial charge in [-0.15, -0.1) is 0 Å². The van der Waals surface area contributed by atoms with Crippen molar-refractivity contribution in [2.75, 3.05) is 0 Å². The quantitative estimate of drug-likeness (QED) is 0.371. The van der Waals surface area contributed by atoms with Gasteiger partial charge in [-0.2, -0.15) is 0 Å². The summed E-state index contributed by atoms with van der Waals surface area (Å²) in [7, 11) is -4.01. The Morgan fingerprint density at radius 2 is 1.00 bits per heavy atom. The second kappa shape index (κ2) is 9.00. The van der Waals surface area contributed by atoms with Gasteiger partial charge in [0.05, 0.1) is 0 Å². The minimum Gasteiger partial charge on any atom is -0.306 e. The molecule has 0 unspecified atom stereocenters. The molecule has 0 saturated heterocycles. The molecule has 0 bridgehead atoms. The third kappa shape index (κ3) is 4.40. The molecule has 3 nitrogen and oxygen atoms in total. The third-order valence-electron chi connectivity index (χ3n) is 6.09. The highest BCUT2D eigenvalue weighted by Crippen LogP contribution is 2.56. The molecule has 0 amide bonds. The minimum absolute atomic E-state index is 0.0726. The van der Waals surface area contributed by atoms with Crippen LogP contribution in [0.2, 0.25) is 0 Å². The molecule has 166 valence electrons. The van der Waals surface area contributed by atoms with Gasteiger partial charge in [-0.1, -0.05) is 59.7 Å². The number of benzene rings is 3. The molecule has 0 N–H and O–H groups in total. The van der Waals surface area contributed by atoms with Crippen LogP contribution < -0.4 is 0 Å². The molecule has 32 heavy (non-hydrogen) atoms.